The highest BCUT2D eigenvalue weighted by Crippen LogP contribution is 2.21. The van der Waals surface area contributed by atoms with Gasteiger partial charge in [0.25, 0.3) is 11.8 Å². The van der Waals surface area contributed by atoms with Crippen molar-refractivity contribution < 1.29 is 23.0 Å². The Morgan fingerprint density at radius 2 is 2.03 bits per heavy atom. The minimum absolute atomic E-state index is 0.0551. The summed E-state index contributed by atoms with van der Waals surface area (Å²) in [5.74, 6) is -4.20. The van der Waals surface area contributed by atoms with Gasteiger partial charge in [0.15, 0.2) is 11.3 Å². The van der Waals surface area contributed by atoms with Crippen molar-refractivity contribution in [3.05, 3.63) is 41.1 Å². The second kappa shape index (κ2) is 8.29. The van der Waals surface area contributed by atoms with E-state index in [0.29, 0.717) is 22.6 Å². The molecule has 3 rings (SSSR count). The molecule has 0 fully saturated rings. The zero-order valence-electron chi connectivity index (χ0n) is 15.8. The van der Waals surface area contributed by atoms with Crippen molar-refractivity contribution >= 4 is 17.5 Å². The fourth-order valence-corrected chi connectivity index (χ4v) is 2.46. The summed E-state index contributed by atoms with van der Waals surface area (Å²) < 4.78 is 32.5. The molecule has 3 aromatic rings. The summed E-state index contributed by atoms with van der Waals surface area (Å²) in [5, 5.41) is 16.3. The molecule has 0 saturated heterocycles. The summed E-state index contributed by atoms with van der Waals surface area (Å²) in [6.45, 7) is 3.11. The third kappa shape index (κ3) is 5.09. The number of nitrogens with one attached hydrogen (secondary N) is 2. The Hall–Kier alpha value is -3.44. The second-order valence-electron chi connectivity index (χ2n) is 6.44. The van der Waals surface area contributed by atoms with Gasteiger partial charge >= 0.3 is 0 Å². The lowest BCUT2D eigenvalue weighted by atomic mass is 10.2. The Morgan fingerprint density at radius 1 is 1.24 bits per heavy atom. The van der Waals surface area contributed by atoms with Crippen LogP contribution in [-0.4, -0.2) is 42.6 Å². The average molecular weight is 407 g/mol. The second-order valence-corrected chi connectivity index (χ2v) is 6.44. The van der Waals surface area contributed by atoms with Gasteiger partial charge in [-0.1, -0.05) is 12.1 Å². The van der Waals surface area contributed by atoms with Crippen LogP contribution in [0.5, 0.6) is 0 Å². The average Bonchev–Trinajstić information content (AvgIpc) is 3.29. The molecule has 3 heterocycles. The fraction of sp³-hybridized carbons (Fsp3) is 0.412. The highest BCUT2D eigenvalue weighted by atomic mass is 19.3. The van der Waals surface area contributed by atoms with Gasteiger partial charge in [-0.25, -0.2) is 22.9 Å². The third-order valence-electron chi connectivity index (χ3n) is 4.15. The molecule has 2 amide bonds. The molecule has 0 bridgehead atoms. The quantitative estimate of drug-likeness (QED) is 0.578. The van der Waals surface area contributed by atoms with Gasteiger partial charge in [-0.15, -0.1) is 0 Å². The van der Waals surface area contributed by atoms with Crippen LogP contribution in [0.3, 0.4) is 0 Å². The first-order valence-corrected chi connectivity index (χ1v) is 8.82. The number of alkyl halides is 2. The van der Waals surface area contributed by atoms with Crippen molar-refractivity contribution in [3.8, 4) is 0 Å². The van der Waals surface area contributed by atoms with E-state index < -0.39 is 30.6 Å². The topological polar surface area (TPSA) is 127 Å². The smallest absolute Gasteiger partial charge is 0.275 e. The van der Waals surface area contributed by atoms with Crippen molar-refractivity contribution in [2.24, 2.45) is 0 Å². The van der Waals surface area contributed by atoms with Gasteiger partial charge in [0.2, 0.25) is 5.91 Å². The van der Waals surface area contributed by atoms with Gasteiger partial charge in [0.1, 0.15) is 5.69 Å². The molecule has 3 aromatic heterocycles. The van der Waals surface area contributed by atoms with Crippen LogP contribution in [0.2, 0.25) is 0 Å². The largest absolute Gasteiger partial charge is 0.352 e. The molecule has 2 N–H and O–H groups in total. The standard InChI is InChI=1S/C17H19F2N7O3/c1-3-17(18,19)5-14(27)20-6-11-4-13-23-12(9-26(13)22-7-11)8-21-16(28)15-10(2)24-29-25-15/h4,7,9H,3,5-6,8H2,1-2H3,(H,20,27)(H,21,28). The van der Waals surface area contributed by atoms with Crippen LogP contribution in [0.4, 0.5) is 8.78 Å². The monoisotopic (exact) mass is 407 g/mol. The molecule has 0 unspecified atom stereocenters. The van der Waals surface area contributed by atoms with E-state index in [9.17, 15) is 18.4 Å². The van der Waals surface area contributed by atoms with E-state index in [-0.39, 0.29) is 18.8 Å². The van der Waals surface area contributed by atoms with Gasteiger partial charge in [0.05, 0.1) is 31.1 Å². The summed E-state index contributed by atoms with van der Waals surface area (Å²) in [7, 11) is 0. The molecule has 0 radical (unpaired) electrons. The van der Waals surface area contributed by atoms with Crippen molar-refractivity contribution in [2.75, 3.05) is 0 Å². The summed E-state index contributed by atoms with van der Waals surface area (Å²) in [6, 6.07) is 1.67. The lowest BCUT2D eigenvalue weighted by molar-refractivity contribution is -0.128. The molecule has 10 nitrogen and oxygen atoms in total. The number of halogens is 2. The molecular weight excluding hydrogens is 388 g/mol. The van der Waals surface area contributed by atoms with Crippen LogP contribution in [0, 0.1) is 6.92 Å². The van der Waals surface area contributed by atoms with Crippen molar-refractivity contribution in [2.45, 2.75) is 45.7 Å². The maximum absolute atomic E-state index is 13.3. The number of hydrogen-bond donors (Lipinski definition) is 2. The zero-order valence-corrected chi connectivity index (χ0v) is 15.8. The minimum Gasteiger partial charge on any atom is -0.352 e. The number of aromatic nitrogens is 5. The Labute approximate surface area is 163 Å². The molecule has 154 valence electrons. The maximum Gasteiger partial charge on any atom is 0.275 e. The van der Waals surface area contributed by atoms with E-state index in [1.54, 1.807) is 19.2 Å². The fourth-order valence-electron chi connectivity index (χ4n) is 2.46. The Balaban J connectivity index is 1.59. The molecule has 0 aromatic carbocycles. The molecule has 0 aliphatic carbocycles. The predicted molar refractivity (Wildman–Crippen MR) is 94.9 cm³/mol. The van der Waals surface area contributed by atoms with Gasteiger partial charge in [-0.2, -0.15) is 5.10 Å². The number of rotatable bonds is 8. The predicted octanol–water partition coefficient (Wildman–Crippen LogP) is 1.40. The van der Waals surface area contributed by atoms with Crippen LogP contribution in [0.25, 0.3) is 5.65 Å². The third-order valence-corrected chi connectivity index (χ3v) is 4.15. The van der Waals surface area contributed by atoms with Crippen molar-refractivity contribution in [1.29, 1.82) is 0 Å². The highest BCUT2D eigenvalue weighted by molar-refractivity contribution is 5.92. The molecule has 0 saturated carbocycles. The van der Waals surface area contributed by atoms with E-state index >= 15 is 0 Å². The molecule has 12 heteroatoms. The number of imidazole rings is 1. The van der Waals surface area contributed by atoms with Gasteiger partial charge < -0.3 is 10.6 Å². The van der Waals surface area contributed by atoms with E-state index in [1.165, 1.54) is 17.6 Å². The van der Waals surface area contributed by atoms with E-state index in [4.69, 9.17) is 0 Å². The Morgan fingerprint density at radius 3 is 2.72 bits per heavy atom. The number of nitrogens with zero attached hydrogens (tertiary/aromatic N) is 5. The lowest BCUT2D eigenvalue weighted by Gasteiger charge is -2.13. The number of amides is 2. The van der Waals surface area contributed by atoms with Crippen LogP contribution >= 0.6 is 0 Å². The minimum atomic E-state index is -3.02. The normalized spacial score (nSPS) is 11.6. The molecular formula is C17H19F2N7O3. The highest BCUT2D eigenvalue weighted by Gasteiger charge is 2.29. The summed E-state index contributed by atoms with van der Waals surface area (Å²) in [5.41, 5.74) is 2.11. The first-order valence-electron chi connectivity index (χ1n) is 8.82. The van der Waals surface area contributed by atoms with Crippen LogP contribution in [0.15, 0.2) is 23.1 Å². The van der Waals surface area contributed by atoms with Crippen molar-refractivity contribution in [1.82, 2.24) is 35.5 Å². The molecule has 0 spiro atoms. The van der Waals surface area contributed by atoms with E-state index in [1.807, 2.05) is 0 Å². The first kappa shape index (κ1) is 20.3. The van der Waals surface area contributed by atoms with Gasteiger partial charge in [-0.05, 0) is 23.7 Å². The Kier molecular flexibility index (Phi) is 5.80. The molecule has 29 heavy (non-hydrogen) atoms. The molecule has 0 aliphatic heterocycles. The summed E-state index contributed by atoms with van der Waals surface area (Å²) in [4.78, 5) is 28.0. The maximum atomic E-state index is 13.3. The van der Waals surface area contributed by atoms with Gasteiger partial charge in [-0.3, -0.25) is 9.59 Å². The number of fused-ring (bicyclic) bond motifs is 1. The van der Waals surface area contributed by atoms with E-state index in [2.05, 4.69) is 35.7 Å². The van der Waals surface area contributed by atoms with Crippen molar-refractivity contribution in [3.63, 3.8) is 0 Å². The molecule has 0 atom stereocenters. The zero-order chi connectivity index (χ0) is 21.0. The lowest BCUT2D eigenvalue weighted by Crippen LogP contribution is -2.30. The van der Waals surface area contributed by atoms with E-state index in [0.717, 1.165) is 0 Å². The summed E-state index contributed by atoms with van der Waals surface area (Å²) in [6.07, 6.45) is 1.88. The summed E-state index contributed by atoms with van der Waals surface area (Å²) >= 11 is 0. The number of aryl methyl sites for hydroxylation is 1. The van der Waals surface area contributed by atoms with Crippen LogP contribution in [-0.2, 0) is 17.9 Å². The SMILES string of the molecule is CCC(F)(F)CC(=O)NCc1cnn2cc(CNC(=O)c3nonc3C)nc2c1. The van der Waals surface area contributed by atoms with Gasteiger partial charge in [0, 0.05) is 13.0 Å². The first-order chi connectivity index (χ1) is 13.8. The number of hydrogen-bond acceptors (Lipinski definition) is 7. The number of carbonyl (C=O) groups excluding carboxylic acids is 2. The molecule has 0 aliphatic rings. The Bertz CT molecular complexity index is 1030. The van der Waals surface area contributed by atoms with Crippen LogP contribution in [0.1, 0.15) is 47.2 Å². The number of carbonyl (C=O) groups is 2. The van der Waals surface area contributed by atoms with Crippen LogP contribution < -0.4 is 10.6 Å².